The van der Waals surface area contributed by atoms with Crippen molar-refractivity contribution in [3.05, 3.63) is 96.9 Å². The predicted octanol–water partition coefficient (Wildman–Crippen LogP) is 1.00. The van der Waals surface area contributed by atoms with Crippen LogP contribution in [0.5, 0.6) is 0 Å². The molecule has 0 amide bonds. The second-order valence-electron chi connectivity index (χ2n) is 6.45. The van der Waals surface area contributed by atoms with E-state index in [9.17, 15) is 18.0 Å². The smallest absolute Gasteiger partial charge is 0.287 e. The first kappa shape index (κ1) is 21.1. The van der Waals surface area contributed by atoms with Gasteiger partial charge in [-0.05, 0) is 67.4 Å². The average molecular weight is 426 g/mol. The highest BCUT2D eigenvalue weighted by atomic mass is 32.2. The molecule has 0 saturated heterocycles. The maximum Gasteiger partial charge on any atom is 0.294 e. The molecule has 9 nitrogen and oxygen atoms in total. The molecule has 3 aromatic rings. The van der Waals surface area contributed by atoms with Gasteiger partial charge in [0, 0.05) is 0 Å². The lowest BCUT2D eigenvalue weighted by molar-refractivity contribution is 0.483. The van der Waals surface area contributed by atoms with Crippen molar-refractivity contribution in [3.63, 3.8) is 0 Å². The lowest BCUT2D eigenvalue weighted by Crippen LogP contribution is -2.48. The van der Waals surface area contributed by atoms with Crippen molar-refractivity contribution in [2.75, 3.05) is 10.9 Å². The summed E-state index contributed by atoms with van der Waals surface area (Å²) in [5.41, 5.74) is 7.17. The molecular formula is C20H18N4O5S. The van der Waals surface area contributed by atoms with Crippen LogP contribution in [-0.2, 0) is 10.1 Å². The van der Waals surface area contributed by atoms with E-state index < -0.39 is 21.0 Å². The van der Waals surface area contributed by atoms with Crippen molar-refractivity contribution in [1.82, 2.24) is 0 Å². The highest BCUT2D eigenvalue weighted by Crippen LogP contribution is 2.17. The molecule has 0 unspecified atom stereocenters. The molecule has 3 rings (SSSR count). The Labute approximate surface area is 171 Å². The zero-order valence-corrected chi connectivity index (χ0v) is 16.9. The van der Waals surface area contributed by atoms with Gasteiger partial charge in [0.25, 0.3) is 10.1 Å². The summed E-state index contributed by atoms with van der Waals surface area (Å²) in [6.07, 6.45) is 0. The molecule has 0 aliphatic heterocycles. The third kappa shape index (κ3) is 4.67. The van der Waals surface area contributed by atoms with Gasteiger partial charge in [-0.25, -0.2) is 0 Å². The van der Waals surface area contributed by atoms with Crippen molar-refractivity contribution >= 4 is 21.5 Å². The zero-order chi connectivity index (χ0) is 21.9. The summed E-state index contributed by atoms with van der Waals surface area (Å²) in [5.74, 6) is 0. The van der Waals surface area contributed by atoms with Gasteiger partial charge in [-0.1, -0.05) is 12.1 Å². The zero-order valence-electron chi connectivity index (χ0n) is 16.1. The molecule has 0 saturated carbocycles. The van der Waals surface area contributed by atoms with Crippen molar-refractivity contribution in [1.29, 1.82) is 0 Å². The van der Waals surface area contributed by atoms with Gasteiger partial charge in [-0.2, -0.15) is 18.6 Å². The largest absolute Gasteiger partial charge is 0.294 e. The first-order valence-corrected chi connectivity index (χ1v) is 10.2. The van der Waals surface area contributed by atoms with Crippen molar-refractivity contribution in [3.8, 4) is 0 Å². The molecular weight excluding hydrogens is 408 g/mol. The topological polar surface area (TPSA) is 137 Å². The maximum absolute atomic E-state index is 12.6. The molecule has 0 atom stereocenters. The molecule has 0 bridgehead atoms. The molecule has 10 heteroatoms. The van der Waals surface area contributed by atoms with E-state index in [1.54, 1.807) is 6.07 Å². The van der Waals surface area contributed by atoms with E-state index in [-0.39, 0.29) is 15.6 Å². The van der Waals surface area contributed by atoms with Gasteiger partial charge in [0.1, 0.15) is 5.36 Å². The lowest BCUT2D eigenvalue weighted by Gasteiger charge is -2.06. The molecule has 0 aromatic heterocycles. The van der Waals surface area contributed by atoms with Crippen molar-refractivity contribution < 1.29 is 13.0 Å². The molecule has 0 aliphatic rings. The summed E-state index contributed by atoms with van der Waals surface area (Å²) >= 11 is 0. The SMILES string of the molecule is Cc1cccc(N/N=c2/c(=O)cc/c(=N\Nc3ccc(S(=O)(=O)O)cc3)c2=O)c1C. The van der Waals surface area contributed by atoms with Crippen LogP contribution >= 0.6 is 0 Å². The Hall–Kier alpha value is -3.63. The Morgan fingerprint density at radius 3 is 2.23 bits per heavy atom. The van der Waals surface area contributed by atoms with E-state index in [1.165, 1.54) is 36.4 Å². The highest BCUT2D eigenvalue weighted by Gasteiger charge is 2.08. The Bertz CT molecular complexity index is 1420. The van der Waals surface area contributed by atoms with Gasteiger partial charge in [-0.3, -0.25) is 25.0 Å². The molecule has 3 aromatic carbocycles. The van der Waals surface area contributed by atoms with E-state index in [1.807, 2.05) is 26.0 Å². The number of aryl methyl sites for hydroxylation is 1. The summed E-state index contributed by atoms with van der Waals surface area (Å²) < 4.78 is 31.1. The minimum absolute atomic E-state index is 0.0463. The Morgan fingerprint density at radius 1 is 0.867 bits per heavy atom. The maximum atomic E-state index is 12.6. The second-order valence-corrected chi connectivity index (χ2v) is 7.88. The predicted molar refractivity (Wildman–Crippen MR) is 112 cm³/mol. The van der Waals surface area contributed by atoms with Crippen LogP contribution in [0.1, 0.15) is 11.1 Å². The fourth-order valence-corrected chi connectivity index (χ4v) is 3.03. The summed E-state index contributed by atoms with van der Waals surface area (Å²) in [4.78, 5) is 24.4. The number of rotatable bonds is 5. The number of nitrogens with zero attached hydrogens (tertiary/aromatic N) is 2. The van der Waals surface area contributed by atoms with Crippen molar-refractivity contribution in [2.45, 2.75) is 18.7 Å². The minimum Gasteiger partial charge on any atom is -0.287 e. The van der Waals surface area contributed by atoms with Gasteiger partial charge in [0.05, 0.1) is 16.3 Å². The van der Waals surface area contributed by atoms with Crippen LogP contribution in [0.4, 0.5) is 11.4 Å². The quantitative estimate of drug-likeness (QED) is 0.409. The fraction of sp³-hybridized carbons (Fsp3) is 0.100. The Morgan fingerprint density at radius 2 is 1.57 bits per heavy atom. The number of hydrogen-bond donors (Lipinski definition) is 3. The minimum atomic E-state index is -4.30. The molecule has 0 aliphatic carbocycles. The van der Waals surface area contributed by atoms with Gasteiger partial charge in [0.2, 0.25) is 10.9 Å². The summed E-state index contributed by atoms with van der Waals surface area (Å²) in [7, 11) is -4.30. The third-order valence-corrected chi connectivity index (χ3v) is 5.29. The number of benzene rings is 3. The van der Waals surface area contributed by atoms with Crippen molar-refractivity contribution in [2.24, 2.45) is 10.2 Å². The summed E-state index contributed by atoms with van der Waals surface area (Å²) in [6, 6.07) is 13.1. The van der Waals surface area contributed by atoms with Crippen LogP contribution in [0.15, 0.2) is 79.3 Å². The van der Waals surface area contributed by atoms with E-state index in [4.69, 9.17) is 4.55 Å². The monoisotopic (exact) mass is 426 g/mol. The molecule has 154 valence electrons. The normalized spacial score (nSPS) is 12.8. The Balaban J connectivity index is 1.93. The van der Waals surface area contributed by atoms with E-state index >= 15 is 0 Å². The standard InChI is InChI=1S/C20H18N4O5S/c1-12-4-3-5-16(13(12)2)22-24-19-18(25)11-10-17(20(19)26)23-21-14-6-8-15(9-7-14)30(27,28)29/h3-11,21-22H,1-2H3,(H,27,28,29)/b23-17+,24-19-. The molecule has 0 fully saturated rings. The van der Waals surface area contributed by atoms with Gasteiger partial charge in [-0.15, -0.1) is 0 Å². The van der Waals surface area contributed by atoms with Gasteiger partial charge in [0.15, 0.2) is 5.36 Å². The number of anilines is 2. The highest BCUT2D eigenvalue weighted by molar-refractivity contribution is 7.85. The van der Waals surface area contributed by atoms with E-state index in [2.05, 4.69) is 21.1 Å². The van der Waals surface area contributed by atoms with E-state index in [0.29, 0.717) is 11.4 Å². The molecule has 0 radical (unpaired) electrons. The number of nitrogens with one attached hydrogen (secondary N) is 2. The van der Waals surface area contributed by atoms with E-state index in [0.717, 1.165) is 11.1 Å². The first-order chi connectivity index (χ1) is 14.2. The molecule has 0 heterocycles. The van der Waals surface area contributed by atoms with Crippen LogP contribution in [-0.4, -0.2) is 13.0 Å². The summed E-state index contributed by atoms with van der Waals surface area (Å²) in [5, 5.41) is 7.58. The van der Waals surface area contributed by atoms with Gasteiger partial charge >= 0.3 is 0 Å². The summed E-state index contributed by atoms with van der Waals surface area (Å²) in [6.45, 7) is 3.83. The Kier molecular flexibility index (Phi) is 5.90. The first-order valence-electron chi connectivity index (χ1n) is 8.75. The van der Waals surface area contributed by atoms with Crippen LogP contribution < -0.4 is 32.4 Å². The van der Waals surface area contributed by atoms with Crippen LogP contribution in [0.3, 0.4) is 0 Å². The molecule has 3 N–H and O–H groups in total. The number of hydrogen-bond acceptors (Lipinski definition) is 8. The van der Waals surface area contributed by atoms with Gasteiger partial charge < -0.3 is 0 Å². The fourth-order valence-electron chi connectivity index (χ4n) is 2.55. The second kappa shape index (κ2) is 8.39. The lowest BCUT2D eigenvalue weighted by atomic mass is 10.1. The average Bonchev–Trinajstić information content (AvgIpc) is 2.70. The molecule has 30 heavy (non-hydrogen) atoms. The van der Waals surface area contributed by atoms with Crippen LogP contribution in [0.2, 0.25) is 0 Å². The molecule has 0 spiro atoms. The van der Waals surface area contributed by atoms with Crippen LogP contribution in [0, 0.1) is 13.8 Å². The van der Waals surface area contributed by atoms with Crippen LogP contribution in [0.25, 0.3) is 0 Å². The third-order valence-electron chi connectivity index (χ3n) is 4.42.